The third-order valence-corrected chi connectivity index (χ3v) is 12.3. The van der Waals surface area contributed by atoms with Crippen molar-refractivity contribution in [2.75, 3.05) is 20.7 Å². The molecule has 2 N–H and O–H groups in total. The summed E-state index contributed by atoms with van der Waals surface area (Å²) in [4.78, 5) is 61.5. The highest BCUT2D eigenvalue weighted by molar-refractivity contribution is 6.00. The zero-order chi connectivity index (χ0) is 42.5. The van der Waals surface area contributed by atoms with Crippen LogP contribution in [0.1, 0.15) is 80.2 Å². The van der Waals surface area contributed by atoms with Gasteiger partial charge < -0.3 is 39.0 Å². The lowest BCUT2D eigenvalue weighted by atomic mass is 9.73. The first-order chi connectivity index (χ1) is 27.4. The van der Waals surface area contributed by atoms with Crippen molar-refractivity contribution in [1.82, 2.24) is 15.2 Å². The second-order valence-corrected chi connectivity index (χ2v) is 16.9. The molecular weight excluding hydrogens is 743 g/mol. The highest BCUT2D eigenvalue weighted by atomic mass is 16.7. The van der Waals surface area contributed by atoms with Crippen molar-refractivity contribution < 1.29 is 48.0 Å². The number of aliphatic hydroxyl groups is 1. The first-order valence-electron chi connectivity index (χ1n) is 20.4. The summed E-state index contributed by atoms with van der Waals surface area (Å²) in [5.74, 6) is 1.10. The Morgan fingerprint density at radius 2 is 1.67 bits per heavy atom. The van der Waals surface area contributed by atoms with Gasteiger partial charge in [-0.15, -0.1) is 0 Å². The fourth-order valence-electron chi connectivity index (χ4n) is 8.89. The van der Waals surface area contributed by atoms with E-state index in [4.69, 9.17) is 23.7 Å². The van der Waals surface area contributed by atoms with Gasteiger partial charge in [-0.25, -0.2) is 4.79 Å². The average Bonchev–Trinajstić information content (AvgIpc) is 3.52. The predicted octanol–water partition coefficient (Wildman–Crippen LogP) is 5.16. The molecule has 4 heterocycles. The van der Waals surface area contributed by atoms with E-state index in [0.29, 0.717) is 12.8 Å². The Morgan fingerprint density at radius 3 is 2.31 bits per heavy atom. The molecule has 13 heteroatoms. The fourth-order valence-corrected chi connectivity index (χ4v) is 8.89. The molecule has 0 saturated carbocycles. The van der Waals surface area contributed by atoms with Crippen molar-refractivity contribution in [3.05, 3.63) is 54.4 Å². The number of rotatable bonds is 8. The second-order valence-electron chi connectivity index (χ2n) is 16.9. The standard InChI is InChI=1S/C45H61N3O10/c1-11-35-45(8)39(47-43(53)58-45)28(4)36(49)26(2)24-44(7,54-22-13-12-15-31-17-19-32(20-18-31)33-16-14-21-46-25-33)40(29(5)37(50)30(6)41(52)56-35)57-42-38(51)34(48(9)10)23-27(3)55-42/h14,16-21,25-30,34-35,38-40,42,51H,11,15,22-24H2,1-10H3,(H,47,53)/t26-,27-,28+,29+,30-,34+,35-,38-,39-,40-,42+,44+,45-/m1/s1. The summed E-state index contributed by atoms with van der Waals surface area (Å²) < 4.78 is 31.3. The normalized spacial score (nSPS) is 36.2. The summed E-state index contributed by atoms with van der Waals surface area (Å²) >= 11 is 0. The van der Waals surface area contributed by atoms with Crippen LogP contribution in [0, 0.1) is 35.5 Å². The number of ether oxygens (including phenoxy) is 5. The number of nitrogens with one attached hydrogen (secondary N) is 1. The lowest BCUT2D eigenvalue weighted by Crippen LogP contribution is -2.60. The molecule has 0 bridgehead atoms. The molecule has 0 spiro atoms. The summed E-state index contributed by atoms with van der Waals surface area (Å²) in [5.41, 5.74) is 0.289. The van der Waals surface area contributed by atoms with Crippen molar-refractivity contribution in [3.63, 3.8) is 0 Å². The van der Waals surface area contributed by atoms with E-state index in [1.54, 1.807) is 47.7 Å². The number of carbonyl (C=O) groups excluding carboxylic acids is 4. The summed E-state index contributed by atoms with van der Waals surface area (Å²) in [7, 11) is 3.73. The van der Waals surface area contributed by atoms with Gasteiger partial charge in [-0.1, -0.05) is 69.9 Å². The molecule has 1 aromatic heterocycles. The zero-order valence-corrected chi connectivity index (χ0v) is 35.5. The molecule has 3 fully saturated rings. The Hall–Kier alpha value is -4.19. The number of esters is 1. The van der Waals surface area contributed by atoms with Gasteiger partial charge in [0.05, 0.1) is 23.9 Å². The summed E-state index contributed by atoms with van der Waals surface area (Å²) in [6, 6.07) is 10.8. The molecule has 1 amide bonds. The van der Waals surface area contributed by atoms with Crippen LogP contribution >= 0.6 is 0 Å². The van der Waals surface area contributed by atoms with Crippen LogP contribution in [0.2, 0.25) is 0 Å². The van der Waals surface area contributed by atoms with Gasteiger partial charge in [0.15, 0.2) is 17.7 Å². The molecule has 0 aliphatic carbocycles. The van der Waals surface area contributed by atoms with Gasteiger partial charge in [0.1, 0.15) is 30.5 Å². The number of cyclic esters (lactones) is 1. The van der Waals surface area contributed by atoms with Gasteiger partial charge in [-0.2, -0.15) is 0 Å². The van der Waals surface area contributed by atoms with Crippen LogP contribution in [0.5, 0.6) is 0 Å². The van der Waals surface area contributed by atoms with E-state index in [9.17, 15) is 24.3 Å². The number of ketones is 2. The number of aliphatic hydroxyl groups excluding tert-OH is 1. The Kier molecular flexibility index (Phi) is 14.6. The van der Waals surface area contributed by atoms with E-state index in [-0.39, 0.29) is 37.4 Å². The Morgan fingerprint density at radius 1 is 0.966 bits per heavy atom. The third-order valence-electron chi connectivity index (χ3n) is 12.3. The highest BCUT2D eigenvalue weighted by Gasteiger charge is 2.57. The van der Waals surface area contributed by atoms with Crippen LogP contribution in [0.4, 0.5) is 4.79 Å². The first kappa shape index (κ1) is 44.9. The SMILES string of the molecule is CC[C@H]1OC(=O)[C@H](C)C(=O)[C@H](C)[C@@H](O[C@@H]2O[C@H](C)C[C@H](N(C)C)[C@H]2O)[C@@](C)(OCC#CCc2ccc(-c3cccnc3)cc2)C[C@@H](C)C(=O)[C@H](C)[C@H]2NC(=O)O[C@@]21C. The molecule has 0 radical (unpaired) electrons. The molecule has 5 rings (SSSR count). The van der Waals surface area contributed by atoms with Gasteiger partial charge in [-0.3, -0.25) is 19.4 Å². The van der Waals surface area contributed by atoms with Crippen LogP contribution in [0.25, 0.3) is 11.1 Å². The minimum atomic E-state index is -1.39. The number of Topliss-reactive ketones (excluding diaryl/α,β-unsaturated/α-hetero) is 2. The van der Waals surface area contributed by atoms with Crippen molar-refractivity contribution in [2.45, 2.75) is 135 Å². The number of likely N-dealkylation sites (N-methyl/N-ethyl adjacent to an activating group) is 1. The van der Waals surface area contributed by atoms with Crippen molar-refractivity contribution in [3.8, 4) is 23.0 Å². The molecule has 316 valence electrons. The second kappa shape index (κ2) is 18.8. The number of benzene rings is 1. The molecule has 3 aliphatic heterocycles. The van der Waals surface area contributed by atoms with Crippen molar-refractivity contribution >= 4 is 23.6 Å². The largest absolute Gasteiger partial charge is 0.458 e. The maximum absolute atomic E-state index is 14.4. The summed E-state index contributed by atoms with van der Waals surface area (Å²) in [6.07, 6.45) is -0.465. The van der Waals surface area contributed by atoms with Crippen LogP contribution in [0.3, 0.4) is 0 Å². The Balaban J connectivity index is 1.50. The maximum Gasteiger partial charge on any atom is 0.408 e. The quantitative estimate of drug-likeness (QED) is 0.205. The Bertz CT molecular complexity index is 1830. The third kappa shape index (κ3) is 9.80. The van der Waals surface area contributed by atoms with Crippen molar-refractivity contribution in [1.29, 1.82) is 0 Å². The minimum absolute atomic E-state index is 0.0691. The molecule has 58 heavy (non-hydrogen) atoms. The van der Waals surface area contributed by atoms with E-state index in [1.165, 1.54) is 6.92 Å². The molecule has 1 aromatic carbocycles. The summed E-state index contributed by atoms with van der Waals surface area (Å²) in [6.45, 7) is 13.6. The number of carbonyl (C=O) groups is 4. The van der Waals surface area contributed by atoms with Crippen LogP contribution < -0.4 is 5.32 Å². The van der Waals surface area contributed by atoms with Gasteiger partial charge in [0.2, 0.25) is 0 Å². The van der Waals surface area contributed by atoms with E-state index in [0.717, 1.165) is 16.7 Å². The summed E-state index contributed by atoms with van der Waals surface area (Å²) in [5, 5.41) is 14.4. The smallest absolute Gasteiger partial charge is 0.408 e. The molecule has 13 atom stereocenters. The van der Waals surface area contributed by atoms with Crippen molar-refractivity contribution in [2.24, 2.45) is 23.7 Å². The number of alkyl carbamates (subject to hydrolysis) is 1. The van der Waals surface area contributed by atoms with Gasteiger partial charge in [0.25, 0.3) is 0 Å². The van der Waals surface area contributed by atoms with Gasteiger partial charge >= 0.3 is 12.1 Å². The zero-order valence-electron chi connectivity index (χ0n) is 35.5. The van der Waals surface area contributed by atoms with Crippen LogP contribution in [-0.4, -0.2) is 113 Å². The lowest BCUT2D eigenvalue weighted by Gasteiger charge is -2.47. The number of pyridine rings is 1. The maximum atomic E-state index is 14.4. The number of amides is 1. The number of hydrogen-bond acceptors (Lipinski definition) is 12. The number of fused-ring (bicyclic) bond motifs is 1. The minimum Gasteiger partial charge on any atom is -0.458 e. The fraction of sp³-hybridized carbons (Fsp3) is 0.622. The number of hydrogen-bond donors (Lipinski definition) is 2. The monoisotopic (exact) mass is 803 g/mol. The lowest BCUT2D eigenvalue weighted by molar-refractivity contribution is -0.296. The number of aromatic nitrogens is 1. The Labute approximate surface area is 342 Å². The van der Waals surface area contributed by atoms with Crippen LogP contribution in [-0.2, 0) is 44.5 Å². The predicted molar refractivity (Wildman–Crippen MR) is 216 cm³/mol. The van der Waals surface area contributed by atoms with E-state index in [1.807, 2.05) is 68.5 Å². The molecule has 13 nitrogen and oxygen atoms in total. The van der Waals surface area contributed by atoms with E-state index >= 15 is 0 Å². The highest BCUT2D eigenvalue weighted by Crippen LogP contribution is 2.40. The first-order valence-corrected chi connectivity index (χ1v) is 20.4. The number of nitrogens with zero attached hydrogens (tertiary/aromatic N) is 2. The molecule has 0 unspecified atom stereocenters. The topological polar surface area (TPSA) is 163 Å². The molecule has 3 saturated heterocycles. The van der Waals surface area contributed by atoms with Crippen LogP contribution in [0.15, 0.2) is 48.8 Å². The molecular formula is C45H61N3O10. The van der Waals surface area contributed by atoms with E-state index < -0.39 is 83.4 Å². The average molecular weight is 804 g/mol. The van der Waals surface area contributed by atoms with E-state index in [2.05, 4.69) is 22.1 Å². The molecule has 3 aliphatic rings. The molecule has 2 aromatic rings. The van der Waals surface area contributed by atoms with Gasteiger partial charge in [0, 0.05) is 42.6 Å². The van der Waals surface area contributed by atoms with Gasteiger partial charge in [-0.05, 0) is 83.8 Å².